The Morgan fingerprint density at radius 2 is 2.09 bits per heavy atom. The lowest BCUT2D eigenvalue weighted by Crippen LogP contribution is -2.46. The second-order valence-corrected chi connectivity index (χ2v) is 5.85. The predicted molar refractivity (Wildman–Crippen MR) is 81.8 cm³/mol. The van der Waals surface area contributed by atoms with Gasteiger partial charge in [0.25, 0.3) is 11.8 Å². The molecule has 1 aromatic heterocycles. The van der Waals surface area contributed by atoms with Gasteiger partial charge in [0, 0.05) is 18.6 Å². The summed E-state index contributed by atoms with van der Waals surface area (Å²) < 4.78 is 15.5. The highest BCUT2D eigenvalue weighted by Crippen LogP contribution is 2.35. The molecule has 120 valence electrons. The van der Waals surface area contributed by atoms with Crippen LogP contribution in [0.15, 0.2) is 6.58 Å². The molecule has 0 bridgehead atoms. The first-order valence-electron chi connectivity index (χ1n) is 7.13. The average Bonchev–Trinajstić information content (AvgIpc) is 2.76. The summed E-state index contributed by atoms with van der Waals surface area (Å²) in [6.07, 6.45) is 0. The van der Waals surface area contributed by atoms with Crippen molar-refractivity contribution >= 4 is 17.6 Å². The summed E-state index contributed by atoms with van der Waals surface area (Å²) in [5, 5.41) is 0. The zero-order valence-electron chi connectivity index (χ0n) is 13.2. The standard InChI is InChI=1S/C15H21FN4O2/c1-7(2)19-6-8(3)20-12(15(19)22)9(4)11(14(21)18-17)13(20)10(5)16/h7-8H,5-6,17H2,1-4H3,(H,18,21)/t8-/m0/s1. The van der Waals surface area contributed by atoms with Gasteiger partial charge >= 0.3 is 0 Å². The van der Waals surface area contributed by atoms with Gasteiger partial charge in [-0.1, -0.05) is 6.58 Å². The van der Waals surface area contributed by atoms with Crippen LogP contribution in [-0.2, 0) is 0 Å². The van der Waals surface area contributed by atoms with Gasteiger partial charge < -0.3 is 9.47 Å². The lowest BCUT2D eigenvalue weighted by Gasteiger charge is -2.36. The topological polar surface area (TPSA) is 80.4 Å². The van der Waals surface area contributed by atoms with E-state index in [9.17, 15) is 14.0 Å². The molecule has 6 nitrogen and oxygen atoms in total. The van der Waals surface area contributed by atoms with E-state index in [-0.39, 0.29) is 29.2 Å². The molecule has 0 saturated carbocycles. The maximum Gasteiger partial charge on any atom is 0.271 e. The van der Waals surface area contributed by atoms with Crippen LogP contribution in [0.5, 0.6) is 0 Å². The van der Waals surface area contributed by atoms with Crippen LogP contribution in [0.3, 0.4) is 0 Å². The summed E-state index contributed by atoms with van der Waals surface area (Å²) in [7, 11) is 0. The number of nitrogens with zero attached hydrogens (tertiary/aromatic N) is 2. The van der Waals surface area contributed by atoms with E-state index in [0.29, 0.717) is 17.8 Å². The van der Waals surface area contributed by atoms with Crippen LogP contribution < -0.4 is 11.3 Å². The Kier molecular flexibility index (Phi) is 4.10. The van der Waals surface area contributed by atoms with Gasteiger partial charge in [-0.2, -0.15) is 0 Å². The molecule has 2 amide bonds. The molecular weight excluding hydrogens is 287 g/mol. The van der Waals surface area contributed by atoms with E-state index < -0.39 is 11.7 Å². The fourth-order valence-electron chi connectivity index (χ4n) is 3.06. The highest BCUT2D eigenvalue weighted by molar-refractivity contribution is 6.05. The minimum Gasteiger partial charge on any atom is -0.333 e. The third-order valence-corrected chi connectivity index (χ3v) is 4.05. The van der Waals surface area contributed by atoms with Gasteiger partial charge in [-0.25, -0.2) is 10.2 Å². The Morgan fingerprint density at radius 1 is 1.50 bits per heavy atom. The van der Waals surface area contributed by atoms with Crippen LogP contribution in [0.25, 0.3) is 5.83 Å². The third-order valence-electron chi connectivity index (χ3n) is 4.05. The molecule has 0 aliphatic carbocycles. The maximum atomic E-state index is 14.0. The highest BCUT2D eigenvalue weighted by atomic mass is 19.1. The zero-order valence-corrected chi connectivity index (χ0v) is 13.2. The Hall–Kier alpha value is -2.15. The summed E-state index contributed by atoms with van der Waals surface area (Å²) in [6, 6.07) is -0.155. The minimum atomic E-state index is -0.759. The molecular formula is C15H21FN4O2. The number of hydrogen-bond donors (Lipinski definition) is 2. The van der Waals surface area contributed by atoms with Crippen molar-refractivity contribution in [1.29, 1.82) is 0 Å². The number of carbonyl (C=O) groups is 2. The van der Waals surface area contributed by atoms with Crippen molar-refractivity contribution in [2.45, 2.75) is 39.8 Å². The van der Waals surface area contributed by atoms with Gasteiger partial charge in [-0.3, -0.25) is 15.0 Å². The number of hydrogen-bond acceptors (Lipinski definition) is 3. The zero-order chi connectivity index (χ0) is 16.8. The van der Waals surface area contributed by atoms with Crippen molar-refractivity contribution in [3.63, 3.8) is 0 Å². The van der Waals surface area contributed by atoms with Gasteiger partial charge in [0.15, 0.2) is 0 Å². The smallest absolute Gasteiger partial charge is 0.271 e. The van der Waals surface area contributed by atoms with Crippen molar-refractivity contribution < 1.29 is 14.0 Å². The van der Waals surface area contributed by atoms with Crippen molar-refractivity contribution in [2.24, 2.45) is 5.84 Å². The largest absolute Gasteiger partial charge is 0.333 e. The molecule has 2 rings (SSSR count). The van der Waals surface area contributed by atoms with Gasteiger partial charge in [-0.05, 0) is 33.3 Å². The summed E-state index contributed by atoms with van der Waals surface area (Å²) in [5.74, 6) is 3.58. The van der Waals surface area contributed by atoms with E-state index >= 15 is 0 Å². The second-order valence-electron chi connectivity index (χ2n) is 5.85. The molecule has 1 aromatic rings. The van der Waals surface area contributed by atoms with E-state index in [4.69, 9.17) is 5.84 Å². The highest BCUT2D eigenvalue weighted by Gasteiger charge is 2.38. The fourth-order valence-corrected chi connectivity index (χ4v) is 3.06. The molecule has 0 unspecified atom stereocenters. The number of nitrogens with two attached hydrogens (primary N) is 1. The molecule has 0 aromatic carbocycles. The van der Waals surface area contributed by atoms with Gasteiger partial charge in [0.05, 0.1) is 11.3 Å². The molecule has 0 fully saturated rings. The number of fused-ring (bicyclic) bond motifs is 1. The fraction of sp³-hybridized carbons (Fsp3) is 0.467. The monoisotopic (exact) mass is 308 g/mol. The van der Waals surface area contributed by atoms with Crippen LogP contribution in [0.2, 0.25) is 0 Å². The van der Waals surface area contributed by atoms with E-state index in [1.54, 1.807) is 16.4 Å². The molecule has 2 heterocycles. The Labute approximate surface area is 128 Å². The SMILES string of the molecule is C=C(F)c1c(C(=O)NN)c(C)c2n1[C@@H](C)CN(C(C)C)C2=O. The van der Waals surface area contributed by atoms with Crippen molar-refractivity contribution in [3.8, 4) is 0 Å². The van der Waals surface area contributed by atoms with Crippen LogP contribution in [0.1, 0.15) is 58.9 Å². The number of hydrazine groups is 1. The Bertz CT molecular complexity index is 663. The predicted octanol–water partition coefficient (Wildman–Crippen LogP) is 1.77. The number of carbonyl (C=O) groups excluding carboxylic acids is 2. The normalized spacial score (nSPS) is 17.7. The number of nitrogens with one attached hydrogen (secondary N) is 1. The molecule has 0 spiro atoms. The van der Waals surface area contributed by atoms with E-state index in [2.05, 4.69) is 6.58 Å². The number of halogens is 1. The van der Waals surface area contributed by atoms with Crippen molar-refractivity contribution in [1.82, 2.24) is 14.9 Å². The van der Waals surface area contributed by atoms with Crippen molar-refractivity contribution in [2.75, 3.05) is 6.54 Å². The van der Waals surface area contributed by atoms with Gasteiger partial charge in [-0.15, -0.1) is 0 Å². The lowest BCUT2D eigenvalue weighted by atomic mass is 10.1. The van der Waals surface area contributed by atoms with Gasteiger partial charge in [0.1, 0.15) is 11.5 Å². The first-order valence-corrected chi connectivity index (χ1v) is 7.13. The van der Waals surface area contributed by atoms with E-state index in [0.717, 1.165) is 0 Å². The lowest BCUT2D eigenvalue weighted by molar-refractivity contribution is 0.0614. The second kappa shape index (κ2) is 5.57. The van der Waals surface area contributed by atoms with E-state index in [1.807, 2.05) is 26.2 Å². The quantitative estimate of drug-likeness (QED) is 0.507. The number of rotatable bonds is 3. The number of aromatic nitrogens is 1. The molecule has 22 heavy (non-hydrogen) atoms. The molecule has 1 aliphatic rings. The molecule has 7 heteroatoms. The van der Waals surface area contributed by atoms with Crippen LogP contribution in [-0.4, -0.2) is 33.9 Å². The molecule has 3 N–H and O–H groups in total. The number of nitrogen functional groups attached to an aromatic ring is 1. The molecule has 1 aliphatic heterocycles. The van der Waals surface area contributed by atoms with Crippen LogP contribution in [0.4, 0.5) is 4.39 Å². The molecule has 0 saturated heterocycles. The molecule has 1 atom stereocenters. The van der Waals surface area contributed by atoms with Crippen LogP contribution >= 0.6 is 0 Å². The summed E-state index contributed by atoms with van der Waals surface area (Å²) in [6.45, 7) is 11.1. The van der Waals surface area contributed by atoms with Crippen LogP contribution in [0, 0.1) is 6.92 Å². The number of amides is 2. The van der Waals surface area contributed by atoms with Crippen molar-refractivity contribution in [3.05, 3.63) is 29.1 Å². The Morgan fingerprint density at radius 3 is 2.55 bits per heavy atom. The first-order chi connectivity index (χ1) is 10.2. The maximum absolute atomic E-state index is 14.0. The minimum absolute atomic E-state index is 0.0156. The first kappa shape index (κ1) is 16.2. The Balaban J connectivity index is 2.78. The summed E-state index contributed by atoms with van der Waals surface area (Å²) in [4.78, 5) is 26.4. The summed E-state index contributed by atoms with van der Waals surface area (Å²) in [5.41, 5.74) is 2.83. The third kappa shape index (κ3) is 2.21. The molecule has 0 radical (unpaired) electrons. The van der Waals surface area contributed by atoms with E-state index in [1.165, 1.54) is 0 Å². The summed E-state index contributed by atoms with van der Waals surface area (Å²) >= 11 is 0. The average molecular weight is 308 g/mol. The van der Waals surface area contributed by atoms with Gasteiger partial charge in [0.2, 0.25) is 0 Å².